The van der Waals surface area contributed by atoms with Gasteiger partial charge in [0.15, 0.2) is 5.60 Å². The number of fused-ring (bicyclic) bond motifs is 7. The molecule has 0 N–H and O–H groups in total. The van der Waals surface area contributed by atoms with Crippen molar-refractivity contribution in [1.29, 1.82) is 0 Å². The summed E-state index contributed by atoms with van der Waals surface area (Å²) < 4.78 is 12.8. The van der Waals surface area contributed by atoms with E-state index in [-0.39, 0.29) is 0 Å². The Bertz CT molecular complexity index is 1640. The topological polar surface area (TPSA) is 40.5 Å². The van der Waals surface area contributed by atoms with Crippen LogP contribution in [0.25, 0.3) is 11.1 Å². The molecule has 0 aromatic heterocycles. The van der Waals surface area contributed by atoms with Gasteiger partial charge in [0.2, 0.25) is 5.90 Å². The van der Waals surface area contributed by atoms with Crippen molar-refractivity contribution >= 4 is 28.6 Å². The maximum atomic E-state index is 7.30. The van der Waals surface area contributed by atoms with Crippen molar-refractivity contribution in [2.75, 3.05) is 61.1 Å². The minimum Gasteiger partial charge on any atom is -0.497 e. The smallest absolute Gasteiger partial charge is 0.222 e. The summed E-state index contributed by atoms with van der Waals surface area (Å²) in [5.41, 5.74) is 10.5. The van der Waals surface area contributed by atoms with Crippen LogP contribution >= 0.6 is 0 Å². The quantitative estimate of drug-likeness (QED) is 0.172. The predicted octanol–water partition coefficient (Wildman–Crippen LogP) is 8.61. The van der Waals surface area contributed by atoms with Crippen molar-refractivity contribution < 1.29 is 9.47 Å². The zero-order valence-electron chi connectivity index (χ0n) is 27.9. The zero-order valence-corrected chi connectivity index (χ0v) is 27.9. The molecule has 6 heteroatoms. The second-order valence-electron chi connectivity index (χ2n) is 11.6. The van der Waals surface area contributed by atoms with Gasteiger partial charge in [-0.1, -0.05) is 18.2 Å². The first-order chi connectivity index (χ1) is 22.0. The van der Waals surface area contributed by atoms with Crippen LogP contribution in [0, 0.1) is 0 Å². The SMILES string of the molecule is CCN(CC)c1ccc2c(c1)N=C(c1ccc(OC)cc1)OC21c2ccc(N(CC)CC)cc2-c2cc(N(CC)CC)ccc21. The largest absolute Gasteiger partial charge is 0.497 e. The third-order valence-electron chi connectivity index (χ3n) is 9.61. The Morgan fingerprint density at radius 1 is 0.578 bits per heavy atom. The molecule has 0 saturated carbocycles. The van der Waals surface area contributed by atoms with Crippen LogP contribution in [-0.2, 0) is 10.3 Å². The fraction of sp³-hybridized carbons (Fsp3) is 0.359. The normalized spacial score (nSPS) is 13.8. The third kappa shape index (κ3) is 5.01. The van der Waals surface area contributed by atoms with E-state index in [9.17, 15) is 0 Å². The highest BCUT2D eigenvalue weighted by molar-refractivity contribution is 6.00. The van der Waals surface area contributed by atoms with Crippen LogP contribution in [0.4, 0.5) is 22.7 Å². The van der Waals surface area contributed by atoms with Gasteiger partial charge in [0, 0.05) is 78.6 Å². The van der Waals surface area contributed by atoms with E-state index in [4.69, 9.17) is 14.5 Å². The maximum absolute atomic E-state index is 7.30. The monoisotopic (exact) mass is 602 g/mol. The fourth-order valence-electron chi connectivity index (χ4n) is 7.13. The molecule has 0 saturated heterocycles. The molecule has 1 heterocycles. The molecule has 4 aromatic carbocycles. The molecule has 0 fully saturated rings. The van der Waals surface area contributed by atoms with Crippen LogP contribution in [-0.4, -0.2) is 52.3 Å². The van der Waals surface area contributed by atoms with E-state index >= 15 is 0 Å². The van der Waals surface area contributed by atoms with Crippen LogP contribution in [0.1, 0.15) is 63.8 Å². The number of benzene rings is 4. The van der Waals surface area contributed by atoms with Crippen molar-refractivity contribution in [3.05, 3.63) is 101 Å². The molecule has 2 aliphatic rings. The lowest BCUT2D eigenvalue weighted by molar-refractivity contribution is 0.142. The van der Waals surface area contributed by atoms with E-state index < -0.39 is 5.60 Å². The van der Waals surface area contributed by atoms with E-state index in [0.29, 0.717) is 5.90 Å². The molecule has 6 rings (SSSR count). The Hall–Kier alpha value is -4.45. The van der Waals surface area contributed by atoms with Gasteiger partial charge < -0.3 is 24.2 Å². The lowest BCUT2D eigenvalue weighted by atomic mass is 9.81. The molecular weight excluding hydrogens is 556 g/mol. The Morgan fingerprint density at radius 3 is 1.47 bits per heavy atom. The lowest BCUT2D eigenvalue weighted by Gasteiger charge is -2.38. The number of rotatable bonds is 11. The highest BCUT2D eigenvalue weighted by Crippen LogP contribution is 2.58. The van der Waals surface area contributed by atoms with Gasteiger partial charge in [-0.2, -0.15) is 0 Å². The Labute approximate surface area is 268 Å². The van der Waals surface area contributed by atoms with Gasteiger partial charge in [-0.05, 0) is 113 Å². The van der Waals surface area contributed by atoms with Gasteiger partial charge in [-0.25, -0.2) is 4.99 Å². The van der Waals surface area contributed by atoms with Crippen LogP contribution < -0.4 is 19.4 Å². The van der Waals surface area contributed by atoms with Crippen molar-refractivity contribution in [3.8, 4) is 16.9 Å². The number of methoxy groups -OCH3 is 1. The number of hydrogen-bond donors (Lipinski definition) is 0. The van der Waals surface area contributed by atoms with Gasteiger partial charge in [0.25, 0.3) is 0 Å². The fourth-order valence-corrected chi connectivity index (χ4v) is 7.13. The van der Waals surface area contributed by atoms with E-state index in [1.54, 1.807) is 7.11 Å². The minimum atomic E-state index is -0.845. The van der Waals surface area contributed by atoms with Gasteiger partial charge in [0.05, 0.1) is 12.8 Å². The zero-order chi connectivity index (χ0) is 31.7. The summed E-state index contributed by atoms with van der Waals surface area (Å²) in [5, 5.41) is 0. The van der Waals surface area contributed by atoms with E-state index in [1.165, 1.54) is 28.2 Å². The molecule has 234 valence electrons. The number of nitrogens with zero attached hydrogens (tertiary/aromatic N) is 4. The summed E-state index contributed by atoms with van der Waals surface area (Å²) >= 11 is 0. The predicted molar refractivity (Wildman–Crippen MR) is 189 cm³/mol. The third-order valence-corrected chi connectivity index (χ3v) is 9.61. The average Bonchev–Trinajstić information content (AvgIpc) is 3.35. The molecule has 0 amide bonds. The van der Waals surface area contributed by atoms with E-state index in [2.05, 4.69) is 111 Å². The summed E-state index contributed by atoms with van der Waals surface area (Å²) in [4.78, 5) is 12.4. The van der Waals surface area contributed by atoms with Crippen molar-refractivity contribution in [3.63, 3.8) is 0 Å². The number of anilines is 3. The summed E-state index contributed by atoms with van der Waals surface area (Å²) in [6.07, 6.45) is 0. The lowest BCUT2D eigenvalue weighted by Crippen LogP contribution is -2.36. The first kappa shape index (κ1) is 30.6. The maximum Gasteiger partial charge on any atom is 0.222 e. The molecule has 1 spiro atoms. The molecule has 45 heavy (non-hydrogen) atoms. The molecule has 0 bridgehead atoms. The Morgan fingerprint density at radius 2 is 1.02 bits per heavy atom. The Balaban J connectivity index is 1.64. The molecule has 0 atom stereocenters. The van der Waals surface area contributed by atoms with Crippen molar-refractivity contribution in [2.24, 2.45) is 4.99 Å². The number of ether oxygens (including phenoxy) is 2. The number of hydrogen-bond acceptors (Lipinski definition) is 6. The Kier molecular flexibility index (Phi) is 8.50. The minimum absolute atomic E-state index is 0.612. The van der Waals surface area contributed by atoms with E-state index in [0.717, 1.165) is 73.0 Å². The number of aliphatic imine (C=N–C) groups is 1. The highest BCUT2D eigenvalue weighted by atomic mass is 16.5. The summed E-state index contributed by atoms with van der Waals surface area (Å²) in [5.74, 6) is 1.42. The van der Waals surface area contributed by atoms with Crippen LogP contribution in [0.2, 0.25) is 0 Å². The molecule has 0 radical (unpaired) electrons. The summed E-state index contributed by atoms with van der Waals surface area (Å²) in [6, 6.07) is 28.6. The van der Waals surface area contributed by atoms with Crippen molar-refractivity contribution in [1.82, 2.24) is 0 Å². The molecule has 1 aliphatic heterocycles. The standard InChI is InChI=1S/C39H46N4O2/c1-8-41(9-2)28-16-21-34-32(24-28)33-25-29(42(10-3)11-4)17-22-35(33)39(34)36-23-18-30(43(12-5)13-6)26-37(36)40-38(45-39)27-14-19-31(44-7)20-15-27/h14-26H,8-13H2,1-7H3. The van der Waals surface area contributed by atoms with Crippen LogP contribution in [0.5, 0.6) is 5.75 Å². The first-order valence-electron chi connectivity index (χ1n) is 16.6. The molecule has 6 nitrogen and oxygen atoms in total. The van der Waals surface area contributed by atoms with Gasteiger partial charge in [-0.3, -0.25) is 0 Å². The average molecular weight is 603 g/mol. The van der Waals surface area contributed by atoms with E-state index in [1.807, 2.05) is 24.3 Å². The summed E-state index contributed by atoms with van der Waals surface area (Å²) in [7, 11) is 1.69. The molecule has 4 aromatic rings. The second-order valence-corrected chi connectivity index (χ2v) is 11.6. The van der Waals surface area contributed by atoms with Crippen LogP contribution in [0.15, 0.2) is 83.9 Å². The van der Waals surface area contributed by atoms with Gasteiger partial charge in [-0.15, -0.1) is 0 Å². The molecule has 1 aliphatic carbocycles. The second kappa shape index (κ2) is 12.5. The first-order valence-corrected chi connectivity index (χ1v) is 16.6. The molecular formula is C39H46N4O2. The summed E-state index contributed by atoms with van der Waals surface area (Å²) in [6.45, 7) is 18.9. The van der Waals surface area contributed by atoms with Crippen molar-refractivity contribution in [2.45, 2.75) is 47.1 Å². The van der Waals surface area contributed by atoms with Crippen LogP contribution in [0.3, 0.4) is 0 Å². The highest BCUT2D eigenvalue weighted by Gasteiger charge is 2.51. The van der Waals surface area contributed by atoms with Gasteiger partial charge >= 0.3 is 0 Å². The van der Waals surface area contributed by atoms with Gasteiger partial charge in [0.1, 0.15) is 5.75 Å². The molecule has 0 unspecified atom stereocenters.